The molecule has 2 aromatic carbocycles. The van der Waals surface area contributed by atoms with E-state index < -0.39 is 0 Å². The first kappa shape index (κ1) is 20.3. The van der Waals surface area contributed by atoms with Gasteiger partial charge in [-0.1, -0.05) is 67.1 Å². The first-order chi connectivity index (χ1) is 13.2. The minimum atomic E-state index is 0.301. The molecule has 0 aliphatic heterocycles. The molecule has 0 aromatic heterocycles. The van der Waals surface area contributed by atoms with Crippen LogP contribution in [0, 0.1) is 0 Å². The lowest BCUT2D eigenvalue weighted by Crippen LogP contribution is -2.28. The second kappa shape index (κ2) is 10.2. The van der Waals surface area contributed by atoms with E-state index >= 15 is 0 Å². The summed E-state index contributed by atoms with van der Waals surface area (Å²) in [4.78, 5) is 0. The van der Waals surface area contributed by atoms with E-state index in [9.17, 15) is 0 Å². The van der Waals surface area contributed by atoms with Crippen molar-refractivity contribution in [3.63, 3.8) is 0 Å². The van der Waals surface area contributed by atoms with Gasteiger partial charge in [0.15, 0.2) is 11.5 Å². The van der Waals surface area contributed by atoms with Crippen LogP contribution >= 0.6 is 23.2 Å². The first-order valence-corrected chi connectivity index (χ1v) is 10.4. The molecule has 27 heavy (non-hydrogen) atoms. The van der Waals surface area contributed by atoms with E-state index in [0.29, 0.717) is 22.7 Å². The zero-order chi connectivity index (χ0) is 19.1. The molecule has 3 rings (SSSR count). The molecule has 0 spiro atoms. The Morgan fingerprint density at radius 2 is 1.63 bits per heavy atom. The molecule has 1 saturated carbocycles. The minimum Gasteiger partial charge on any atom is -0.493 e. The Labute approximate surface area is 172 Å². The number of hydrogen-bond donors (Lipinski definition) is 1. The summed E-state index contributed by atoms with van der Waals surface area (Å²) in [5.41, 5.74) is 1.87. The van der Waals surface area contributed by atoms with Crippen LogP contribution in [0.5, 0.6) is 11.5 Å². The smallest absolute Gasteiger partial charge is 0.166 e. The van der Waals surface area contributed by atoms with Crippen molar-refractivity contribution in [3.05, 3.63) is 57.6 Å². The van der Waals surface area contributed by atoms with Crippen molar-refractivity contribution in [2.75, 3.05) is 7.11 Å². The van der Waals surface area contributed by atoms with Gasteiger partial charge in [-0.2, -0.15) is 0 Å². The highest BCUT2D eigenvalue weighted by Crippen LogP contribution is 2.34. The number of methoxy groups -OCH3 is 1. The Hall–Kier alpha value is -1.42. The molecular formula is C22H27Cl2NO2. The van der Waals surface area contributed by atoms with Crippen LogP contribution in [0.4, 0.5) is 0 Å². The monoisotopic (exact) mass is 407 g/mol. The molecule has 5 heteroatoms. The third-order valence-electron chi connectivity index (χ3n) is 5.14. The van der Waals surface area contributed by atoms with E-state index in [1.54, 1.807) is 7.11 Å². The Morgan fingerprint density at radius 1 is 0.963 bits per heavy atom. The molecule has 0 bridgehead atoms. The molecule has 0 heterocycles. The van der Waals surface area contributed by atoms with Gasteiger partial charge in [0, 0.05) is 33.8 Å². The van der Waals surface area contributed by atoms with Crippen molar-refractivity contribution in [2.45, 2.75) is 57.7 Å². The van der Waals surface area contributed by atoms with E-state index in [2.05, 4.69) is 11.4 Å². The maximum atomic E-state index is 6.28. The summed E-state index contributed by atoms with van der Waals surface area (Å²) in [6, 6.07) is 12.0. The molecule has 0 saturated heterocycles. The molecular weight excluding hydrogens is 381 g/mol. The summed E-state index contributed by atoms with van der Waals surface area (Å²) in [6.45, 7) is 1.06. The summed E-state index contributed by atoms with van der Waals surface area (Å²) in [7, 11) is 1.66. The van der Waals surface area contributed by atoms with Crippen LogP contribution in [-0.4, -0.2) is 13.2 Å². The molecule has 2 aromatic rings. The van der Waals surface area contributed by atoms with Gasteiger partial charge in [0.05, 0.1) is 7.11 Å². The van der Waals surface area contributed by atoms with Gasteiger partial charge < -0.3 is 14.8 Å². The second-order valence-electron chi connectivity index (χ2n) is 7.01. The van der Waals surface area contributed by atoms with Gasteiger partial charge >= 0.3 is 0 Å². The van der Waals surface area contributed by atoms with Crippen LogP contribution in [-0.2, 0) is 13.2 Å². The predicted molar refractivity (Wildman–Crippen MR) is 112 cm³/mol. The fraction of sp³-hybridized carbons (Fsp3) is 0.455. The number of halogens is 2. The Kier molecular flexibility index (Phi) is 7.69. The summed E-state index contributed by atoms with van der Waals surface area (Å²) in [5, 5.41) is 4.92. The largest absolute Gasteiger partial charge is 0.493 e. The van der Waals surface area contributed by atoms with Gasteiger partial charge in [0.2, 0.25) is 0 Å². The molecule has 0 unspecified atom stereocenters. The van der Waals surface area contributed by atoms with Crippen molar-refractivity contribution >= 4 is 23.2 Å². The molecule has 0 radical (unpaired) electrons. The second-order valence-corrected chi connectivity index (χ2v) is 7.82. The van der Waals surface area contributed by atoms with Crippen molar-refractivity contribution in [1.29, 1.82) is 0 Å². The SMILES string of the molecule is COc1cccc(CNC2CCCCCC2)c1OCc1c(Cl)cccc1Cl. The average molecular weight is 408 g/mol. The minimum absolute atomic E-state index is 0.301. The summed E-state index contributed by atoms with van der Waals surface area (Å²) < 4.78 is 11.7. The molecule has 1 fully saturated rings. The first-order valence-electron chi connectivity index (χ1n) is 9.64. The van der Waals surface area contributed by atoms with Crippen LogP contribution in [0.1, 0.15) is 49.7 Å². The van der Waals surface area contributed by atoms with Gasteiger partial charge in [-0.05, 0) is 31.0 Å². The standard InChI is InChI=1S/C22H27Cl2NO2/c1-26-21-13-6-8-16(14-25-17-9-4-2-3-5-10-17)22(21)27-15-18-19(23)11-7-12-20(18)24/h6-8,11-13,17,25H,2-5,9-10,14-15H2,1H3. The highest BCUT2D eigenvalue weighted by Gasteiger charge is 2.16. The van der Waals surface area contributed by atoms with Crippen LogP contribution in [0.2, 0.25) is 10.0 Å². The van der Waals surface area contributed by atoms with Gasteiger partial charge in [-0.15, -0.1) is 0 Å². The van der Waals surface area contributed by atoms with E-state index in [0.717, 1.165) is 29.2 Å². The third-order valence-corrected chi connectivity index (χ3v) is 5.85. The fourth-order valence-electron chi connectivity index (χ4n) is 3.58. The topological polar surface area (TPSA) is 30.5 Å². The van der Waals surface area contributed by atoms with Gasteiger partial charge in [-0.3, -0.25) is 0 Å². The Balaban J connectivity index is 1.73. The Bertz CT molecular complexity index is 723. The van der Waals surface area contributed by atoms with Crippen LogP contribution < -0.4 is 14.8 Å². The molecule has 1 aliphatic rings. The number of nitrogens with one attached hydrogen (secondary N) is 1. The summed E-state index contributed by atoms with van der Waals surface area (Å²) >= 11 is 12.6. The lowest BCUT2D eigenvalue weighted by Gasteiger charge is -2.20. The number of rotatable bonds is 7. The van der Waals surface area contributed by atoms with Gasteiger partial charge in [0.1, 0.15) is 6.61 Å². The molecule has 146 valence electrons. The number of ether oxygens (including phenoxy) is 2. The number of para-hydroxylation sites is 1. The van der Waals surface area contributed by atoms with Crippen molar-refractivity contribution in [3.8, 4) is 11.5 Å². The molecule has 0 atom stereocenters. The molecule has 1 aliphatic carbocycles. The van der Waals surface area contributed by atoms with Crippen molar-refractivity contribution in [1.82, 2.24) is 5.32 Å². The molecule has 1 N–H and O–H groups in total. The van der Waals surface area contributed by atoms with Crippen LogP contribution in [0.3, 0.4) is 0 Å². The van der Waals surface area contributed by atoms with Crippen molar-refractivity contribution in [2.24, 2.45) is 0 Å². The lowest BCUT2D eigenvalue weighted by molar-refractivity contribution is 0.280. The van der Waals surface area contributed by atoms with Crippen LogP contribution in [0.25, 0.3) is 0 Å². The predicted octanol–water partition coefficient (Wildman–Crippen LogP) is 6.39. The van der Waals surface area contributed by atoms with Crippen molar-refractivity contribution < 1.29 is 9.47 Å². The normalized spacial score (nSPS) is 15.4. The molecule has 0 amide bonds. The summed E-state index contributed by atoms with van der Waals surface area (Å²) in [6.07, 6.45) is 7.81. The lowest BCUT2D eigenvalue weighted by atomic mass is 10.1. The highest BCUT2D eigenvalue weighted by molar-refractivity contribution is 6.35. The zero-order valence-electron chi connectivity index (χ0n) is 15.8. The van der Waals surface area contributed by atoms with E-state index in [-0.39, 0.29) is 0 Å². The molecule has 3 nitrogen and oxygen atoms in total. The number of hydrogen-bond acceptors (Lipinski definition) is 3. The quantitative estimate of drug-likeness (QED) is 0.538. The number of benzene rings is 2. The zero-order valence-corrected chi connectivity index (χ0v) is 17.3. The fourth-order valence-corrected chi connectivity index (χ4v) is 4.08. The maximum absolute atomic E-state index is 6.28. The third kappa shape index (κ3) is 5.54. The van der Waals surface area contributed by atoms with E-state index in [1.165, 1.54) is 38.5 Å². The van der Waals surface area contributed by atoms with Crippen LogP contribution in [0.15, 0.2) is 36.4 Å². The Morgan fingerprint density at radius 3 is 2.30 bits per heavy atom. The average Bonchev–Trinajstić information content (AvgIpc) is 2.95. The maximum Gasteiger partial charge on any atom is 0.166 e. The van der Waals surface area contributed by atoms with Gasteiger partial charge in [-0.25, -0.2) is 0 Å². The highest BCUT2D eigenvalue weighted by atomic mass is 35.5. The van der Waals surface area contributed by atoms with E-state index in [4.69, 9.17) is 32.7 Å². The van der Waals surface area contributed by atoms with E-state index in [1.807, 2.05) is 30.3 Å². The summed E-state index contributed by atoms with van der Waals surface area (Å²) in [5.74, 6) is 1.47. The van der Waals surface area contributed by atoms with Gasteiger partial charge in [0.25, 0.3) is 0 Å².